The van der Waals surface area contributed by atoms with Gasteiger partial charge in [0.2, 0.25) is 5.91 Å². The van der Waals surface area contributed by atoms with Crippen LogP contribution in [0.25, 0.3) is 11.3 Å². The van der Waals surface area contributed by atoms with Gasteiger partial charge in [0.25, 0.3) is 0 Å². The van der Waals surface area contributed by atoms with E-state index in [9.17, 15) is 4.79 Å². The third kappa shape index (κ3) is 3.79. The van der Waals surface area contributed by atoms with E-state index in [-0.39, 0.29) is 5.91 Å². The molecular formula is C20H23N5OS. The Bertz CT molecular complexity index is 961. The molecule has 4 rings (SSSR count). The molecule has 1 unspecified atom stereocenters. The Hall–Kier alpha value is -2.51. The van der Waals surface area contributed by atoms with Gasteiger partial charge in [-0.2, -0.15) is 5.10 Å². The fraction of sp³-hybridized carbons (Fsp3) is 0.350. The van der Waals surface area contributed by atoms with Gasteiger partial charge in [0.1, 0.15) is 6.04 Å². The minimum absolute atomic E-state index is 0.142. The van der Waals surface area contributed by atoms with Crippen molar-refractivity contribution in [3.63, 3.8) is 0 Å². The van der Waals surface area contributed by atoms with Crippen LogP contribution in [0.3, 0.4) is 0 Å². The number of nitrogens with zero attached hydrogens (tertiary/aromatic N) is 3. The van der Waals surface area contributed by atoms with Crippen molar-refractivity contribution >= 4 is 22.4 Å². The summed E-state index contributed by atoms with van der Waals surface area (Å²) in [7, 11) is 3.59. The fourth-order valence-corrected chi connectivity index (χ4v) is 4.30. The minimum Gasteiger partial charge on any atom is -0.305 e. The summed E-state index contributed by atoms with van der Waals surface area (Å²) >= 11 is 1.45. The van der Waals surface area contributed by atoms with Gasteiger partial charge in [-0.15, -0.1) is 11.3 Å². The van der Waals surface area contributed by atoms with Crippen molar-refractivity contribution < 1.29 is 4.79 Å². The van der Waals surface area contributed by atoms with Crippen LogP contribution in [0.15, 0.2) is 36.0 Å². The highest BCUT2D eigenvalue weighted by molar-refractivity contribution is 7.14. The van der Waals surface area contributed by atoms with Crippen molar-refractivity contribution in [1.29, 1.82) is 0 Å². The number of amides is 1. The quantitative estimate of drug-likeness (QED) is 0.711. The molecule has 3 aromatic rings. The Morgan fingerprint density at radius 1 is 1.26 bits per heavy atom. The zero-order valence-electron chi connectivity index (χ0n) is 15.5. The molecule has 0 fully saturated rings. The maximum Gasteiger partial charge on any atom is 0.247 e. The third-order valence-corrected chi connectivity index (χ3v) is 5.75. The Kier molecular flexibility index (Phi) is 5.05. The highest BCUT2D eigenvalue weighted by Gasteiger charge is 2.21. The average molecular weight is 382 g/mol. The van der Waals surface area contributed by atoms with Gasteiger partial charge in [0.15, 0.2) is 5.13 Å². The van der Waals surface area contributed by atoms with Gasteiger partial charge in [0.05, 0.1) is 11.9 Å². The molecular weight excluding hydrogens is 358 g/mol. The van der Waals surface area contributed by atoms with Crippen LogP contribution in [0.1, 0.15) is 35.6 Å². The molecule has 0 bridgehead atoms. The smallest absolute Gasteiger partial charge is 0.247 e. The van der Waals surface area contributed by atoms with Crippen LogP contribution in [0, 0.1) is 0 Å². The van der Waals surface area contributed by atoms with Crippen molar-refractivity contribution in [1.82, 2.24) is 20.1 Å². The summed E-state index contributed by atoms with van der Waals surface area (Å²) in [6, 6.07) is 6.15. The monoisotopic (exact) mass is 381 g/mol. The first-order valence-electron chi connectivity index (χ1n) is 9.18. The van der Waals surface area contributed by atoms with Crippen molar-refractivity contribution in [3.05, 3.63) is 52.7 Å². The molecule has 2 N–H and O–H groups in total. The molecule has 0 spiro atoms. The molecule has 1 atom stereocenters. The molecule has 0 saturated heterocycles. The summed E-state index contributed by atoms with van der Waals surface area (Å²) in [6.45, 7) is 0. The van der Waals surface area contributed by atoms with E-state index in [1.807, 2.05) is 18.6 Å². The number of aryl methyl sites for hydroxylation is 3. The van der Waals surface area contributed by atoms with Gasteiger partial charge in [0, 0.05) is 29.8 Å². The van der Waals surface area contributed by atoms with E-state index in [0.717, 1.165) is 23.2 Å². The lowest BCUT2D eigenvalue weighted by molar-refractivity contribution is -0.118. The van der Waals surface area contributed by atoms with Crippen molar-refractivity contribution in [3.8, 4) is 11.3 Å². The van der Waals surface area contributed by atoms with E-state index in [1.54, 1.807) is 17.9 Å². The van der Waals surface area contributed by atoms with Gasteiger partial charge in [-0.25, -0.2) is 4.98 Å². The second-order valence-electron chi connectivity index (χ2n) is 6.89. The lowest BCUT2D eigenvalue weighted by Crippen LogP contribution is -2.30. The van der Waals surface area contributed by atoms with Gasteiger partial charge in [-0.1, -0.05) is 12.1 Å². The molecule has 140 valence electrons. The summed E-state index contributed by atoms with van der Waals surface area (Å²) in [6.07, 6.45) is 8.39. The van der Waals surface area contributed by atoms with Crippen LogP contribution in [0.2, 0.25) is 0 Å². The Morgan fingerprint density at radius 2 is 2.07 bits per heavy atom. The summed E-state index contributed by atoms with van der Waals surface area (Å²) < 4.78 is 1.69. The number of carbonyl (C=O) groups is 1. The molecule has 7 heteroatoms. The highest BCUT2D eigenvalue weighted by Crippen LogP contribution is 2.30. The van der Waals surface area contributed by atoms with Crippen molar-refractivity contribution in [2.24, 2.45) is 7.05 Å². The third-order valence-electron chi connectivity index (χ3n) is 4.99. The topological polar surface area (TPSA) is 71.8 Å². The maximum absolute atomic E-state index is 12.6. The largest absolute Gasteiger partial charge is 0.305 e. The number of hydrogen-bond acceptors (Lipinski definition) is 5. The Morgan fingerprint density at radius 3 is 2.81 bits per heavy atom. The second-order valence-corrected chi connectivity index (χ2v) is 7.74. The number of fused-ring (bicyclic) bond motifs is 1. The van der Waals surface area contributed by atoms with E-state index < -0.39 is 6.04 Å². The number of carbonyl (C=O) groups excluding carboxylic acids is 1. The summed E-state index contributed by atoms with van der Waals surface area (Å²) in [5.74, 6) is -0.142. The number of likely N-dealkylation sites (N-methyl/N-ethyl adjacent to an activating group) is 1. The zero-order chi connectivity index (χ0) is 18.8. The Labute approximate surface area is 162 Å². The number of aromatic nitrogens is 3. The molecule has 6 nitrogen and oxygen atoms in total. The van der Waals surface area contributed by atoms with Gasteiger partial charge < -0.3 is 10.6 Å². The molecule has 1 aromatic carbocycles. The van der Waals surface area contributed by atoms with Gasteiger partial charge in [-0.05, 0) is 49.9 Å². The Balaban J connectivity index is 1.50. The van der Waals surface area contributed by atoms with E-state index in [4.69, 9.17) is 0 Å². The average Bonchev–Trinajstić information content (AvgIpc) is 3.31. The normalized spacial score (nSPS) is 14.6. The first-order chi connectivity index (χ1) is 13.1. The minimum atomic E-state index is -0.463. The van der Waals surface area contributed by atoms with Crippen molar-refractivity contribution in [2.45, 2.75) is 31.7 Å². The fourth-order valence-electron chi connectivity index (χ4n) is 3.57. The van der Waals surface area contributed by atoms with Crippen LogP contribution in [0.5, 0.6) is 0 Å². The van der Waals surface area contributed by atoms with Crippen LogP contribution >= 0.6 is 11.3 Å². The lowest BCUT2D eigenvalue weighted by Gasteiger charge is -2.16. The molecule has 1 amide bonds. The first kappa shape index (κ1) is 17.9. The second kappa shape index (κ2) is 7.62. The number of thiazole rings is 1. The number of hydrogen-bond donors (Lipinski definition) is 2. The van der Waals surface area contributed by atoms with Crippen LogP contribution in [0.4, 0.5) is 5.13 Å². The molecule has 0 saturated carbocycles. The molecule has 0 aliphatic heterocycles. The SMILES string of the molecule is CNC(C(=O)Nc1nc(-c2ccc3c(c2)CCCC3)cs1)c1cnn(C)c1. The summed E-state index contributed by atoms with van der Waals surface area (Å²) in [4.78, 5) is 17.3. The first-order valence-corrected chi connectivity index (χ1v) is 10.1. The predicted octanol–water partition coefficient (Wildman–Crippen LogP) is 3.32. The highest BCUT2D eigenvalue weighted by atomic mass is 32.1. The number of benzene rings is 1. The number of anilines is 1. The summed E-state index contributed by atoms with van der Waals surface area (Å²) in [5.41, 5.74) is 5.74. The maximum atomic E-state index is 12.6. The van der Waals surface area contributed by atoms with Gasteiger partial charge in [-0.3, -0.25) is 9.48 Å². The summed E-state index contributed by atoms with van der Waals surface area (Å²) in [5, 5.41) is 12.7. The predicted molar refractivity (Wildman–Crippen MR) is 108 cm³/mol. The molecule has 2 aromatic heterocycles. The van der Waals surface area contributed by atoms with Gasteiger partial charge >= 0.3 is 0 Å². The van der Waals surface area contributed by atoms with Crippen molar-refractivity contribution in [2.75, 3.05) is 12.4 Å². The number of nitrogens with one attached hydrogen (secondary N) is 2. The van der Waals surface area contributed by atoms with E-state index in [0.29, 0.717) is 5.13 Å². The van der Waals surface area contributed by atoms with Crippen LogP contribution in [-0.4, -0.2) is 27.7 Å². The standard InChI is InChI=1S/C20H23N5OS/c1-21-18(16-10-22-25(2)11-16)19(26)24-20-23-17(12-27-20)15-8-7-13-5-3-4-6-14(13)9-15/h7-12,18,21H,3-6H2,1-2H3,(H,23,24,26). The zero-order valence-corrected chi connectivity index (χ0v) is 16.3. The molecule has 2 heterocycles. The molecule has 0 radical (unpaired) electrons. The van der Waals surface area contributed by atoms with E-state index in [1.165, 1.54) is 41.7 Å². The molecule has 1 aliphatic carbocycles. The lowest BCUT2D eigenvalue weighted by atomic mass is 9.90. The van der Waals surface area contributed by atoms with Crippen LogP contribution in [-0.2, 0) is 24.7 Å². The number of rotatable bonds is 5. The van der Waals surface area contributed by atoms with E-state index in [2.05, 4.69) is 38.9 Å². The molecule has 27 heavy (non-hydrogen) atoms. The molecule has 1 aliphatic rings. The van der Waals surface area contributed by atoms with E-state index >= 15 is 0 Å². The van der Waals surface area contributed by atoms with Crippen LogP contribution < -0.4 is 10.6 Å².